The first-order valence-electron chi connectivity index (χ1n) is 6.08. The lowest BCUT2D eigenvalue weighted by molar-refractivity contribution is 0.156. The van der Waals surface area contributed by atoms with Crippen molar-refractivity contribution in [1.29, 1.82) is 0 Å². The number of anilines is 1. The molecular weight excluding hydrogens is 234 g/mol. The molecule has 1 aliphatic rings. The molecule has 0 atom stereocenters. The van der Waals surface area contributed by atoms with Gasteiger partial charge in [-0.2, -0.15) is 0 Å². The molecule has 5 nitrogen and oxygen atoms in total. The minimum Gasteiger partial charge on any atom is -0.374 e. The third-order valence-electron chi connectivity index (χ3n) is 3.17. The normalized spacial score (nSPS) is 19.0. The smallest absolute Gasteiger partial charge is 0.203 e. The summed E-state index contributed by atoms with van der Waals surface area (Å²) in [4.78, 5) is 4.73. The lowest BCUT2D eigenvalue weighted by Gasteiger charge is -2.32. The van der Waals surface area contributed by atoms with E-state index >= 15 is 0 Å². The quantitative estimate of drug-likeness (QED) is 0.866. The number of aromatic nitrogens is 2. The summed E-state index contributed by atoms with van der Waals surface area (Å²) < 4.78 is 0. The van der Waals surface area contributed by atoms with Gasteiger partial charge >= 0.3 is 0 Å². The van der Waals surface area contributed by atoms with E-state index in [1.165, 1.54) is 30.7 Å². The molecule has 2 N–H and O–H groups in total. The molecule has 0 aliphatic carbocycles. The van der Waals surface area contributed by atoms with E-state index in [1.807, 2.05) is 0 Å². The van der Waals surface area contributed by atoms with E-state index in [2.05, 4.69) is 34.1 Å². The molecule has 0 amide bonds. The van der Waals surface area contributed by atoms with Gasteiger partial charge in [0.15, 0.2) is 0 Å². The summed E-state index contributed by atoms with van der Waals surface area (Å²) in [6.45, 7) is 4.44. The summed E-state index contributed by atoms with van der Waals surface area (Å²) in [7, 11) is 4.30. The average molecular weight is 255 g/mol. The van der Waals surface area contributed by atoms with Gasteiger partial charge < -0.3 is 10.6 Å². The van der Waals surface area contributed by atoms with E-state index in [1.54, 1.807) is 0 Å². The van der Waals surface area contributed by atoms with E-state index in [0.29, 0.717) is 5.13 Å². The topological polar surface area (TPSA) is 58.3 Å². The molecule has 1 saturated heterocycles. The molecule has 2 heterocycles. The van der Waals surface area contributed by atoms with Crippen LogP contribution in [0.1, 0.15) is 17.8 Å². The SMILES string of the molecule is CN(C)CC1CCN(Cc2nnc(N)s2)CC1. The summed E-state index contributed by atoms with van der Waals surface area (Å²) in [6.07, 6.45) is 2.57. The van der Waals surface area contributed by atoms with Crippen LogP contribution in [0.15, 0.2) is 0 Å². The third-order valence-corrected chi connectivity index (χ3v) is 3.91. The molecule has 1 aromatic heterocycles. The second kappa shape index (κ2) is 5.75. The predicted molar refractivity (Wildman–Crippen MR) is 70.9 cm³/mol. The molecule has 1 aliphatic heterocycles. The highest BCUT2D eigenvalue weighted by Gasteiger charge is 2.20. The van der Waals surface area contributed by atoms with Crippen LogP contribution in [-0.2, 0) is 6.54 Å². The molecule has 96 valence electrons. The fraction of sp³-hybridized carbons (Fsp3) is 0.818. The molecule has 0 aromatic carbocycles. The van der Waals surface area contributed by atoms with Crippen molar-refractivity contribution in [3.8, 4) is 0 Å². The van der Waals surface area contributed by atoms with Crippen molar-refractivity contribution in [2.45, 2.75) is 19.4 Å². The Morgan fingerprint density at radius 1 is 1.35 bits per heavy atom. The van der Waals surface area contributed by atoms with Crippen LogP contribution in [0.5, 0.6) is 0 Å². The van der Waals surface area contributed by atoms with Crippen molar-refractivity contribution in [1.82, 2.24) is 20.0 Å². The van der Waals surface area contributed by atoms with Crippen LogP contribution >= 0.6 is 11.3 Å². The highest BCUT2D eigenvalue weighted by Crippen LogP contribution is 2.20. The van der Waals surface area contributed by atoms with Crippen molar-refractivity contribution in [3.05, 3.63) is 5.01 Å². The molecule has 1 fully saturated rings. The van der Waals surface area contributed by atoms with Gasteiger partial charge in [-0.15, -0.1) is 10.2 Å². The molecule has 0 saturated carbocycles. The maximum Gasteiger partial charge on any atom is 0.203 e. The number of nitrogens with two attached hydrogens (primary N) is 1. The number of rotatable bonds is 4. The Bertz CT molecular complexity index is 343. The first-order chi connectivity index (χ1) is 8.13. The zero-order valence-corrected chi connectivity index (χ0v) is 11.4. The maximum absolute atomic E-state index is 5.58. The first kappa shape index (κ1) is 12.7. The Kier molecular flexibility index (Phi) is 4.31. The summed E-state index contributed by atoms with van der Waals surface area (Å²) in [5.41, 5.74) is 5.58. The van der Waals surface area contributed by atoms with Gasteiger partial charge in [-0.05, 0) is 45.9 Å². The van der Waals surface area contributed by atoms with Crippen molar-refractivity contribution in [3.63, 3.8) is 0 Å². The maximum atomic E-state index is 5.58. The average Bonchev–Trinajstić information content (AvgIpc) is 2.66. The van der Waals surface area contributed by atoms with Crippen molar-refractivity contribution >= 4 is 16.5 Å². The number of hydrogen-bond donors (Lipinski definition) is 1. The van der Waals surface area contributed by atoms with Crippen LogP contribution < -0.4 is 5.73 Å². The van der Waals surface area contributed by atoms with Crippen LogP contribution in [0.2, 0.25) is 0 Å². The van der Waals surface area contributed by atoms with Gasteiger partial charge in [0.1, 0.15) is 5.01 Å². The van der Waals surface area contributed by atoms with Crippen LogP contribution in [0.3, 0.4) is 0 Å². The van der Waals surface area contributed by atoms with Gasteiger partial charge in [0, 0.05) is 6.54 Å². The standard InChI is InChI=1S/C11H21N5S/c1-15(2)7-9-3-5-16(6-4-9)8-10-13-14-11(12)17-10/h9H,3-8H2,1-2H3,(H2,12,14). The predicted octanol–water partition coefficient (Wildman–Crippen LogP) is 0.894. The molecule has 0 bridgehead atoms. The van der Waals surface area contributed by atoms with E-state index < -0.39 is 0 Å². The number of nitrogen functional groups attached to an aromatic ring is 1. The molecule has 0 spiro atoms. The van der Waals surface area contributed by atoms with Crippen LogP contribution in [0, 0.1) is 5.92 Å². The van der Waals surface area contributed by atoms with Crippen LogP contribution in [0.4, 0.5) is 5.13 Å². The summed E-state index contributed by atoms with van der Waals surface area (Å²) in [6, 6.07) is 0. The van der Waals surface area contributed by atoms with Gasteiger partial charge in [0.05, 0.1) is 6.54 Å². The lowest BCUT2D eigenvalue weighted by atomic mass is 9.96. The minimum absolute atomic E-state index is 0.572. The Labute approximate surface area is 107 Å². The van der Waals surface area contributed by atoms with E-state index in [9.17, 15) is 0 Å². The van der Waals surface area contributed by atoms with Crippen molar-refractivity contribution in [2.24, 2.45) is 5.92 Å². The summed E-state index contributed by atoms with van der Waals surface area (Å²) in [5.74, 6) is 0.848. The highest BCUT2D eigenvalue weighted by atomic mass is 32.1. The molecule has 1 aromatic rings. The Morgan fingerprint density at radius 3 is 2.59 bits per heavy atom. The van der Waals surface area contributed by atoms with Crippen LogP contribution in [-0.4, -0.2) is 53.7 Å². The zero-order chi connectivity index (χ0) is 12.3. The van der Waals surface area contributed by atoms with Gasteiger partial charge in [0.2, 0.25) is 5.13 Å². The van der Waals surface area contributed by atoms with Gasteiger partial charge in [-0.25, -0.2) is 0 Å². The second-order valence-electron chi connectivity index (χ2n) is 5.02. The molecule has 0 unspecified atom stereocenters. The Morgan fingerprint density at radius 2 is 2.06 bits per heavy atom. The number of hydrogen-bond acceptors (Lipinski definition) is 6. The van der Waals surface area contributed by atoms with Crippen LogP contribution in [0.25, 0.3) is 0 Å². The fourth-order valence-electron chi connectivity index (χ4n) is 2.37. The number of nitrogens with zero attached hydrogens (tertiary/aromatic N) is 4. The molecular formula is C11H21N5S. The second-order valence-corrected chi connectivity index (χ2v) is 6.11. The molecule has 2 rings (SSSR count). The molecule has 17 heavy (non-hydrogen) atoms. The summed E-state index contributed by atoms with van der Waals surface area (Å²) in [5, 5.41) is 9.53. The van der Waals surface area contributed by atoms with E-state index in [4.69, 9.17) is 5.73 Å². The number of piperidine rings is 1. The first-order valence-corrected chi connectivity index (χ1v) is 6.90. The minimum atomic E-state index is 0.572. The lowest BCUT2D eigenvalue weighted by Crippen LogP contribution is -2.36. The van der Waals surface area contributed by atoms with E-state index in [-0.39, 0.29) is 0 Å². The highest BCUT2D eigenvalue weighted by molar-refractivity contribution is 7.15. The van der Waals surface area contributed by atoms with Crippen molar-refractivity contribution in [2.75, 3.05) is 39.5 Å². The zero-order valence-electron chi connectivity index (χ0n) is 10.6. The Hall–Kier alpha value is -0.720. The Balaban J connectivity index is 1.75. The monoisotopic (exact) mass is 255 g/mol. The van der Waals surface area contributed by atoms with Gasteiger partial charge in [-0.1, -0.05) is 11.3 Å². The van der Waals surface area contributed by atoms with E-state index in [0.717, 1.165) is 30.6 Å². The number of likely N-dealkylation sites (tertiary alicyclic amines) is 1. The molecule has 6 heteroatoms. The van der Waals surface area contributed by atoms with Gasteiger partial charge in [0.25, 0.3) is 0 Å². The van der Waals surface area contributed by atoms with Gasteiger partial charge in [-0.3, -0.25) is 4.90 Å². The molecule has 0 radical (unpaired) electrons. The fourth-order valence-corrected chi connectivity index (χ4v) is 3.02. The van der Waals surface area contributed by atoms with Crippen molar-refractivity contribution < 1.29 is 0 Å². The summed E-state index contributed by atoms with van der Waals surface area (Å²) >= 11 is 1.50. The third kappa shape index (κ3) is 3.90. The largest absolute Gasteiger partial charge is 0.374 e.